The van der Waals surface area contributed by atoms with E-state index in [0.29, 0.717) is 18.4 Å². The fourth-order valence-corrected chi connectivity index (χ4v) is 6.34. The maximum Gasteiger partial charge on any atom is 0.416 e. The molecular weight excluding hydrogens is 627 g/mol. The molecule has 1 aliphatic heterocycles. The van der Waals surface area contributed by atoms with Crippen molar-refractivity contribution in [3.05, 3.63) is 75.6 Å². The molecule has 2 aliphatic rings. The van der Waals surface area contributed by atoms with Crippen molar-refractivity contribution in [1.29, 1.82) is 0 Å². The number of hydrogen-bond acceptors (Lipinski definition) is 6. The van der Waals surface area contributed by atoms with E-state index in [2.05, 4.69) is 0 Å². The van der Waals surface area contributed by atoms with Gasteiger partial charge in [0, 0.05) is 5.92 Å². The lowest BCUT2D eigenvalue weighted by Crippen LogP contribution is -2.39. The fraction of sp³-hybridized carbons (Fsp3) is 0.438. The summed E-state index contributed by atoms with van der Waals surface area (Å²) in [6.07, 6.45) is -8.97. The largest absolute Gasteiger partial charge is 0.505 e. The Morgan fingerprint density at radius 3 is 2.13 bits per heavy atom. The first kappa shape index (κ1) is 35.1. The van der Waals surface area contributed by atoms with Crippen LogP contribution in [0.5, 0.6) is 5.75 Å². The number of aliphatic hydroxyl groups excluding tert-OH is 3. The van der Waals surface area contributed by atoms with Gasteiger partial charge in [-0.25, -0.2) is 9.29 Å². The minimum atomic E-state index is -5.23. The number of carbonyl (C=O) groups is 2. The number of allylic oxidation sites excluding steroid dienone is 1. The summed E-state index contributed by atoms with van der Waals surface area (Å²) in [5, 5.41) is 41.3. The number of alkyl halides is 6. The van der Waals surface area contributed by atoms with Crippen molar-refractivity contribution in [3.8, 4) is 5.75 Å². The second-order valence-electron chi connectivity index (χ2n) is 11.4. The molecule has 2 aromatic carbocycles. The number of fused-ring (bicyclic) bond motifs is 1. The molecule has 2 amide bonds. The number of anilines is 1. The number of carbonyl (C=O) groups excluding carboxylic acids is 2. The van der Waals surface area contributed by atoms with Crippen molar-refractivity contribution < 1.29 is 60.7 Å². The second-order valence-corrected chi connectivity index (χ2v) is 11.4. The van der Waals surface area contributed by atoms with Crippen LogP contribution in [-0.2, 0) is 21.9 Å². The minimum Gasteiger partial charge on any atom is -0.505 e. The standard InChI is InChI=1S/C32H32F7NO6/c1-2-3-16(8-17-5-6-25(43)24(33)9-17)4-7-26(44)27-18(14-41)10-22-28(23(27)15-42)30(46)40(29(22)45)21-12-19(31(34,35)36)11-20(13-21)32(37,38)39/h5-6,8-9,11-13,22-23,26,28,41-44H,2-4,7,10,14-15H2,1H3/b16-8+/t22-,23+,26-,28-/m1/s1. The van der Waals surface area contributed by atoms with Crippen LogP contribution in [0.1, 0.15) is 55.7 Å². The highest BCUT2D eigenvalue weighted by molar-refractivity contribution is 6.22. The van der Waals surface area contributed by atoms with Crippen molar-refractivity contribution >= 4 is 23.6 Å². The van der Waals surface area contributed by atoms with E-state index in [1.807, 2.05) is 6.92 Å². The Labute approximate surface area is 259 Å². The van der Waals surface area contributed by atoms with Gasteiger partial charge in [0.15, 0.2) is 11.6 Å². The lowest BCUT2D eigenvalue weighted by atomic mass is 9.68. The number of nitrogens with zero attached hydrogens (tertiary/aromatic N) is 1. The quantitative estimate of drug-likeness (QED) is 0.141. The molecule has 1 heterocycles. The Bertz CT molecular complexity index is 1520. The second kappa shape index (κ2) is 13.5. The number of aliphatic hydroxyl groups is 3. The Balaban J connectivity index is 1.65. The maximum atomic E-state index is 13.9. The summed E-state index contributed by atoms with van der Waals surface area (Å²) >= 11 is 0. The average Bonchev–Trinajstić information content (AvgIpc) is 3.24. The van der Waals surface area contributed by atoms with Crippen LogP contribution in [0.4, 0.5) is 36.4 Å². The van der Waals surface area contributed by atoms with Gasteiger partial charge in [0.05, 0.1) is 48.0 Å². The molecule has 4 atom stereocenters. The SMILES string of the molecule is CCC/C(=C\c1ccc(O)c(F)c1)CC[C@@H](O)C1=C(CO)C[C@H]2C(=O)N(c3cc(C(F)(F)F)cc(C(F)(F)F)c3)C(=O)[C@H]2[C@H]1CO. The summed E-state index contributed by atoms with van der Waals surface area (Å²) in [4.78, 5) is 27.3. The van der Waals surface area contributed by atoms with Crippen LogP contribution in [0.3, 0.4) is 0 Å². The van der Waals surface area contributed by atoms with Crippen LogP contribution >= 0.6 is 0 Å². The van der Waals surface area contributed by atoms with Gasteiger partial charge in [-0.3, -0.25) is 9.59 Å². The molecule has 1 fully saturated rings. The first-order chi connectivity index (χ1) is 21.5. The number of phenols is 1. The summed E-state index contributed by atoms with van der Waals surface area (Å²) in [5.41, 5.74) is -2.94. The Kier molecular flexibility index (Phi) is 10.3. The lowest BCUT2D eigenvalue weighted by molar-refractivity contribution is -0.143. The Hall–Kier alpha value is -3.75. The lowest BCUT2D eigenvalue weighted by Gasteiger charge is -2.36. The summed E-state index contributed by atoms with van der Waals surface area (Å²) in [5.74, 6) is -7.58. The summed E-state index contributed by atoms with van der Waals surface area (Å²) in [6, 6.07) is 4.23. The molecule has 0 unspecified atom stereocenters. The van der Waals surface area contributed by atoms with Crippen molar-refractivity contribution in [2.24, 2.45) is 17.8 Å². The molecule has 14 heteroatoms. The fourth-order valence-electron chi connectivity index (χ4n) is 6.34. The molecular formula is C32H32F7NO6. The molecule has 4 rings (SSSR count). The van der Waals surface area contributed by atoms with Gasteiger partial charge >= 0.3 is 12.4 Å². The zero-order valence-corrected chi connectivity index (χ0v) is 24.5. The molecule has 0 radical (unpaired) electrons. The number of imide groups is 1. The number of aromatic hydroxyl groups is 1. The normalized spacial score (nSPS) is 21.7. The van der Waals surface area contributed by atoms with Crippen LogP contribution in [0.25, 0.3) is 6.08 Å². The van der Waals surface area contributed by atoms with Crippen LogP contribution < -0.4 is 4.90 Å². The number of halogens is 7. The smallest absolute Gasteiger partial charge is 0.416 e. The number of hydrogen-bond donors (Lipinski definition) is 4. The monoisotopic (exact) mass is 659 g/mol. The number of phenolic OH excluding ortho intramolecular Hbond substituents is 1. The van der Waals surface area contributed by atoms with Gasteiger partial charge in [-0.2, -0.15) is 26.3 Å². The molecule has 0 spiro atoms. The number of amides is 2. The third-order valence-electron chi connectivity index (χ3n) is 8.41. The van der Waals surface area contributed by atoms with Crippen LogP contribution in [0, 0.1) is 23.6 Å². The van der Waals surface area contributed by atoms with E-state index in [-0.39, 0.29) is 53.5 Å². The molecule has 0 bridgehead atoms. The molecule has 4 N–H and O–H groups in total. The Morgan fingerprint density at radius 1 is 0.978 bits per heavy atom. The Morgan fingerprint density at radius 2 is 1.61 bits per heavy atom. The molecule has 46 heavy (non-hydrogen) atoms. The van der Waals surface area contributed by atoms with Crippen molar-refractivity contribution in [2.75, 3.05) is 18.1 Å². The molecule has 250 valence electrons. The van der Waals surface area contributed by atoms with Crippen LogP contribution in [0.2, 0.25) is 0 Å². The maximum absolute atomic E-state index is 13.9. The van der Waals surface area contributed by atoms with Crippen molar-refractivity contribution in [2.45, 2.75) is 57.5 Å². The van der Waals surface area contributed by atoms with Gasteiger partial charge in [-0.1, -0.05) is 31.1 Å². The van der Waals surface area contributed by atoms with E-state index in [1.54, 1.807) is 6.08 Å². The van der Waals surface area contributed by atoms with E-state index in [1.165, 1.54) is 12.1 Å². The average molecular weight is 660 g/mol. The van der Waals surface area contributed by atoms with Gasteiger partial charge in [-0.15, -0.1) is 0 Å². The summed E-state index contributed by atoms with van der Waals surface area (Å²) in [6.45, 7) is 0.387. The first-order valence-electron chi connectivity index (χ1n) is 14.5. The van der Waals surface area contributed by atoms with Crippen LogP contribution in [-0.4, -0.2) is 51.6 Å². The van der Waals surface area contributed by atoms with E-state index >= 15 is 0 Å². The van der Waals surface area contributed by atoms with Crippen molar-refractivity contribution in [1.82, 2.24) is 0 Å². The van der Waals surface area contributed by atoms with Gasteiger partial charge in [-0.05, 0) is 72.7 Å². The highest BCUT2D eigenvalue weighted by Gasteiger charge is 2.55. The predicted octanol–water partition coefficient (Wildman–Crippen LogP) is 6.00. The first-order valence-corrected chi connectivity index (χ1v) is 14.5. The van der Waals surface area contributed by atoms with E-state index in [9.17, 15) is 60.7 Å². The highest BCUT2D eigenvalue weighted by atomic mass is 19.4. The third kappa shape index (κ3) is 7.13. The molecule has 7 nitrogen and oxygen atoms in total. The van der Waals surface area contributed by atoms with Gasteiger partial charge in [0.1, 0.15) is 0 Å². The third-order valence-corrected chi connectivity index (χ3v) is 8.41. The molecule has 0 aromatic heterocycles. The molecule has 1 saturated heterocycles. The highest BCUT2D eigenvalue weighted by Crippen LogP contribution is 2.48. The van der Waals surface area contributed by atoms with E-state index in [4.69, 9.17) is 0 Å². The molecule has 1 aliphatic carbocycles. The number of benzene rings is 2. The molecule has 0 saturated carbocycles. The van der Waals surface area contributed by atoms with Gasteiger partial charge in [0.2, 0.25) is 11.8 Å². The van der Waals surface area contributed by atoms with E-state index in [0.717, 1.165) is 11.6 Å². The number of rotatable bonds is 10. The van der Waals surface area contributed by atoms with Crippen LogP contribution in [0.15, 0.2) is 53.1 Å². The topological polar surface area (TPSA) is 118 Å². The van der Waals surface area contributed by atoms with Gasteiger partial charge < -0.3 is 20.4 Å². The minimum absolute atomic E-state index is 0.00748. The summed E-state index contributed by atoms with van der Waals surface area (Å²) < 4.78 is 95.0. The van der Waals surface area contributed by atoms with Crippen molar-refractivity contribution in [3.63, 3.8) is 0 Å². The van der Waals surface area contributed by atoms with E-state index < -0.39 is 89.6 Å². The zero-order chi connectivity index (χ0) is 34.1. The summed E-state index contributed by atoms with van der Waals surface area (Å²) in [7, 11) is 0. The molecule has 2 aromatic rings. The predicted molar refractivity (Wildman–Crippen MR) is 151 cm³/mol. The van der Waals surface area contributed by atoms with Gasteiger partial charge in [0.25, 0.3) is 0 Å². The zero-order valence-electron chi connectivity index (χ0n) is 24.5.